The molecule has 0 aromatic heterocycles. The summed E-state index contributed by atoms with van der Waals surface area (Å²) < 4.78 is 0. The highest BCUT2D eigenvalue weighted by molar-refractivity contribution is 4.88. The second-order valence-corrected chi connectivity index (χ2v) is 7.04. The predicted octanol–water partition coefficient (Wildman–Crippen LogP) is 4.06. The molecule has 2 aliphatic rings. The summed E-state index contributed by atoms with van der Waals surface area (Å²) in [6.45, 7) is 10.7. The molecule has 2 saturated carbocycles. The van der Waals surface area contributed by atoms with Gasteiger partial charge in [0.25, 0.3) is 0 Å². The molecule has 1 N–H and O–H groups in total. The van der Waals surface area contributed by atoms with Crippen LogP contribution in [0.2, 0.25) is 0 Å². The standard InChI is InChI=1S/C18H36N2/c1-4-15-11-12-18(19-5-2)16(13-15)14-20(6-3)17-9-7-8-10-17/h15-19H,4-14H2,1-3H3. The molecule has 118 valence electrons. The summed E-state index contributed by atoms with van der Waals surface area (Å²) in [4.78, 5) is 2.81. The molecule has 20 heavy (non-hydrogen) atoms. The minimum absolute atomic E-state index is 0.776. The number of nitrogens with one attached hydrogen (secondary N) is 1. The lowest BCUT2D eigenvalue weighted by atomic mass is 9.76. The van der Waals surface area contributed by atoms with Crippen molar-refractivity contribution in [3.8, 4) is 0 Å². The Bertz CT molecular complexity index is 260. The Morgan fingerprint density at radius 3 is 2.35 bits per heavy atom. The molecule has 0 aliphatic heterocycles. The maximum absolute atomic E-state index is 3.77. The molecule has 3 atom stereocenters. The van der Waals surface area contributed by atoms with Gasteiger partial charge in [0.2, 0.25) is 0 Å². The van der Waals surface area contributed by atoms with Crippen LogP contribution in [0.3, 0.4) is 0 Å². The fraction of sp³-hybridized carbons (Fsp3) is 1.00. The largest absolute Gasteiger partial charge is 0.314 e. The van der Waals surface area contributed by atoms with Crippen LogP contribution in [-0.2, 0) is 0 Å². The number of rotatable bonds is 7. The van der Waals surface area contributed by atoms with Gasteiger partial charge in [0, 0.05) is 18.6 Å². The van der Waals surface area contributed by atoms with Crippen molar-refractivity contribution in [1.82, 2.24) is 10.2 Å². The predicted molar refractivity (Wildman–Crippen MR) is 88.1 cm³/mol. The SMILES string of the molecule is CCNC1CCC(CC)CC1CN(CC)C1CCCC1. The fourth-order valence-corrected chi connectivity index (χ4v) is 4.57. The van der Waals surface area contributed by atoms with E-state index in [1.807, 2.05) is 0 Å². The molecule has 0 aromatic carbocycles. The lowest BCUT2D eigenvalue weighted by Crippen LogP contribution is -2.47. The maximum atomic E-state index is 3.77. The van der Waals surface area contributed by atoms with E-state index < -0.39 is 0 Å². The molecule has 0 heterocycles. The summed E-state index contributed by atoms with van der Waals surface area (Å²) in [5.74, 6) is 1.87. The molecule has 3 unspecified atom stereocenters. The van der Waals surface area contributed by atoms with E-state index in [0.29, 0.717) is 0 Å². The highest BCUT2D eigenvalue weighted by Gasteiger charge is 2.32. The van der Waals surface area contributed by atoms with Gasteiger partial charge in [-0.15, -0.1) is 0 Å². The van der Waals surface area contributed by atoms with Crippen molar-refractivity contribution < 1.29 is 0 Å². The highest BCUT2D eigenvalue weighted by Crippen LogP contribution is 2.33. The van der Waals surface area contributed by atoms with E-state index in [1.165, 1.54) is 64.5 Å². The zero-order chi connectivity index (χ0) is 14.4. The van der Waals surface area contributed by atoms with Gasteiger partial charge in [-0.25, -0.2) is 0 Å². The Morgan fingerprint density at radius 1 is 1.00 bits per heavy atom. The first-order valence-corrected chi connectivity index (χ1v) is 9.25. The van der Waals surface area contributed by atoms with Crippen LogP contribution in [0.5, 0.6) is 0 Å². The van der Waals surface area contributed by atoms with E-state index in [1.54, 1.807) is 0 Å². The van der Waals surface area contributed by atoms with Crippen LogP contribution in [0, 0.1) is 11.8 Å². The minimum Gasteiger partial charge on any atom is -0.314 e. The Labute approximate surface area is 126 Å². The van der Waals surface area contributed by atoms with Crippen LogP contribution in [0.4, 0.5) is 0 Å². The lowest BCUT2D eigenvalue weighted by molar-refractivity contribution is 0.114. The first-order chi connectivity index (χ1) is 9.78. The van der Waals surface area contributed by atoms with Gasteiger partial charge >= 0.3 is 0 Å². The Hall–Kier alpha value is -0.0800. The van der Waals surface area contributed by atoms with Gasteiger partial charge in [0.05, 0.1) is 0 Å². The van der Waals surface area contributed by atoms with E-state index in [0.717, 1.165) is 30.5 Å². The second-order valence-electron chi connectivity index (χ2n) is 7.04. The molecule has 0 spiro atoms. The average molecular weight is 280 g/mol. The number of hydrogen-bond acceptors (Lipinski definition) is 2. The monoisotopic (exact) mass is 280 g/mol. The van der Waals surface area contributed by atoms with Gasteiger partial charge in [0.15, 0.2) is 0 Å². The summed E-state index contributed by atoms with van der Waals surface area (Å²) in [6, 6.07) is 1.67. The maximum Gasteiger partial charge on any atom is 0.0108 e. The number of hydrogen-bond donors (Lipinski definition) is 1. The van der Waals surface area contributed by atoms with E-state index in [2.05, 4.69) is 31.0 Å². The molecule has 2 fully saturated rings. The fourth-order valence-electron chi connectivity index (χ4n) is 4.57. The molecule has 0 bridgehead atoms. The van der Waals surface area contributed by atoms with Crippen molar-refractivity contribution in [2.75, 3.05) is 19.6 Å². The van der Waals surface area contributed by atoms with Crippen molar-refractivity contribution in [2.45, 2.75) is 84.2 Å². The highest BCUT2D eigenvalue weighted by atomic mass is 15.2. The quantitative estimate of drug-likeness (QED) is 0.756. The van der Waals surface area contributed by atoms with Crippen LogP contribution < -0.4 is 5.32 Å². The van der Waals surface area contributed by atoms with Crippen molar-refractivity contribution in [1.29, 1.82) is 0 Å². The van der Waals surface area contributed by atoms with E-state index in [9.17, 15) is 0 Å². The topological polar surface area (TPSA) is 15.3 Å². The van der Waals surface area contributed by atoms with E-state index in [-0.39, 0.29) is 0 Å². The molecular weight excluding hydrogens is 244 g/mol. The minimum atomic E-state index is 0.776. The van der Waals surface area contributed by atoms with Gasteiger partial charge in [0.1, 0.15) is 0 Å². The lowest BCUT2D eigenvalue weighted by Gasteiger charge is -2.40. The molecule has 0 saturated heterocycles. The molecular formula is C18H36N2. The van der Waals surface area contributed by atoms with Crippen molar-refractivity contribution in [3.05, 3.63) is 0 Å². The van der Waals surface area contributed by atoms with Crippen LogP contribution in [-0.4, -0.2) is 36.6 Å². The summed E-state index contributed by atoms with van der Waals surface area (Å²) in [7, 11) is 0. The molecule has 2 nitrogen and oxygen atoms in total. The van der Waals surface area contributed by atoms with E-state index in [4.69, 9.17) is 0 Å². The van der Waals surface area contributed by atoms with Gasteiger partial charge < -0.3 is 10.2 Å². The summed E-state index contributed by atoms with van der Waals surface area (Å²) in [5, 5.41) is 3.77. The summed E-state index contributed by atoms with van der Waals surface area (Å²) >= 11 is 0. The van der Waals surface area contributed by atoms with Crippen LogP contribution in [0.15, 0.2) is 0 Å². The molecule has 0 aromatic rings. The molecule has 0 amide bonds. The zero-order valence-electron chi connectivity index (χ0n) is 14.0. The third-order valence-electron chi connectivity index (χ3n) is 5.85. The first kappa shape index (κ1) is 16.3. The normalized spacial score (nSPS) is 32.1. The average Bonchev–Trinajstić information content (AvgIpc) is 3.00. The Kier molecular flexibility index (Phi) is 6.83. The first-order valence-electron chi connectivity index (χ1n) is 9.25. The van der Waals surface area contributed by atoms with Crippen molar-refractivity contribution in [3.63, 3.8) is 0 Å². The van der Waals surface area contributed by atoms with Crippen LogP contribution in [0.1, 0.15) is 72.1 Å². The van der Waals surface area contributed by atoms with Gasteiger partial charge in [-0.3, -0.25) is 0 Å². The second kappa shape index (κ2) is 8.38. The van der Waals surface area contributed by atoms with Crippen LogP contribution in [0.25, 0.3) is 0 Å². The van der Waals surface area contributed by atoms with Crippen molar-refractivity contribution >= 4 is 0 Å². The molecule has 2 rings (SSSR count). The molecule has 2 aliphatic carbocycles. The third kappa shape index (κ3) is 4.21. The zero-order valence-corrected chi connectivity index (χ0v) is 14.0. The third-order valence-corrected chi connectivity index (χ3v) is 5.85. The van der Waals surface area contributed by atoms with Gasteiger partial charge in [-0.1, -0.05) is 40.0 Å². The Balaban J connectivity index is 1.93. The molecule has 2 heteroatoms. The molecule has 0 radical (unpaired) electrons. The van der Waals surface area contributed by atoms with E-state index >= 15 is 0 Å². The van der Waals surface area contributed by atoms with Crippen LogP contribution >= 0.6 is 0 Å². The smallest absolute Gasteiger partial charge is 0.0108 e. The van der Waals surface area contributed by atoms with Crippen molar-refractivity contribution in [2.24, 2.45) is 11.8 Å². The Morgan fingerprint density at radius 2 is 1.75 bits per heavy atom. The summed E-state index contributed by atoms with van der Waals surface area (Å²) in [5.41, 5.74) is 0. The number of nitrogens with zero attached hydrogens (tertiary/aromatic N) is 1. The van der Waals surface area contributed by atoms with Gasteiger partial charge in [-0.2, -0.15) is 0 Å². The van der Waals surface area contributed by atoms with Gasteiger partial charge in [-0.05, 0) is 57.0 Å². The summed E-state index contributed by atoms with van der Waals surface area (Å²) in [6.07, 6.45) is 11.5.